The SMILES string of the molecule is CC1C=CC2C(O)C(C)CCC2C1C(=O)c1c(O)c(C2(O)CCC(O)C3OC32)c[nH]c1=O. The molecule has 5 rings (SSSR count). The lowest BCUT2D eigenvalue weighted by Gasteiger charge is -2.45. The summed E-state index contributed by atoms with van der Waals surface area (Å²) in [5.41, 5.74) is -2.59. The molecule has 3 aliphatic carbocycles. The number of nitrogens with one attached hydrogen (secondary N) is 1. The third-order valence-electron chi connectivity index (χ3n) is 8.37. The highest BCUT2D eigenvalue weighted by Gasteiger charge is 2.62. The molecule has 2 saturated carbocycles. The lowest BCUT2D eigenvalue weighted by atomic mass is 9.60. The van der Waals surface area contributed by atoms with Crippen LogP contribution in [0.2, 0.25) is 0 Å². The number of ether oxygens (including phenoxy) is 1. The van der Waals surface area contributed by atoms with Gasteiger partial charge in [-0.25, -0.2) is 0 Å². The summed E-state index contributed by atoms with van der Waals surface area (Å²) in [4.78, 5) is 29.0. The van der Waals surface area contributed by atoms with E-state index in [1.807, 2.05) is 26.0 Å². The van der Waals surface area contributed by atoms with Gasteiger partial charge in [-0.2, -0.15) is 0 Å². The van der Waals surface area contributed by atoms with Gasteiger partial charge in [-0.3, -0.25) is 9.59 Å². The molecule has 4 aliphatic rings. The Morgan fingerprint density at radius 3 is 2.69 bits per heavy atom. The van der Waals surface area contributed by atoms with Gasteiger partial charge in [0.1, 0.15) is 29.1 Å². The number of carbonyl (C=O) groups excluding carboxylic acids is 1. The standard InChI is InChI=1S/C24H31NO7/c1-10-3-6-13-12(5-4-11(2)18(13)27)16(10)20(29)17-19(28)14(9-25-23(17)30)24(31)8-7-15(26)21-22(24)32-21/h3,6,9-13,15-16,18,21-22,26-27,31H,4-5,7-8H2,1-2H3,(H2,25,28,30). The third-order valence-corrected chi connectivity index (χ3v) is 8.37. The number of hydrogen-bond donors (Lipinski definition) is 5. The van der Waals surface area contributed by atoms with Crippen LogP contribution in [0.1, 0.15) is 55.5 Å². The largest absolute Gasteiger partial charge is 0.507 e. The first-order chi connectivity index (χ1) is 15.1. The molecule has 174 valence electrons. The number of ketones is 1. The number of aromatic amines is 1. The number of carbonyl (C=O) groups is 1. The van der Waals surface area contributed by atoms with Crippen LogP contribution in [0.25, 0.3) is 0 Å². The van der Waals surface area contributed by atoms with Crippen LogP contribution in [-0.2, 0) is 10.3 Å². The Balaban J connectivity index is 1.53. The van der Waals surface area contributed by atoms with Crippen LogP contribution in [0, 0.1) is 29.6 Å². The predicted octanol–water partition coefficient (Wildman–Crippen LogP) is 1.22. The number of hydrogen-bond acceptors (Lipinski definition) is 7. The van der Waals surface area contributed by atoms with Gasteiger partial charge in [0.15, 0.2) is 5.78 Å². The summed E-state index contributed by atoms with van der Waals surface area (Å²) in [6.07, 6.45) is 4.66. The minimum absolute atomic E-state index is 0.0488. The van der Waals surface area contributed by atoms with Gasteiger partial charge in [-0.15, -0.1) is 0 Å². The maximum atomic E-state index is 13.7. The fraction of sp³-hybridized carbons (Fsp3) is 0.667. The number of aliphatic hydroxyl groups excluding tert-OH is 2. The highest BCUT2D eigenvalue weighted by molar-refractivity contribution is 6.01. The topological polar surface area (TPSA) is 143 Å². The van der Waals surface area contributed by atoms with E-state index in [1.165, 1.54) is 6.20 Å². The van der Waals surface area contributed by atoms with Crippen LogP contribution in [0.5, 0.6) is 5.75 Å². The van der Waals surface area contributed by atoms with E-state index >= 15 is 0 Å². The van der Waals surface area contributed by atoms with Crippen molar-refractivity contribution in [1.29, 1.82) is 0 Å². The summed E-state index contributed by atoms with van der Waals surface area (Å²) in [6.45, 7) is 3.91. The Morgan fingerprint density at radius 1 is 1.19 bits per heavy atom. The van der Waals surface area contributed by atoms with E-state index in [2.05, 4.69) is 4.98 Å². The van der Waals surface area contributed by atoms with Crippen molar-refractivity contribution in [1.82, 2.24) is 4.98 Å². The number of aromatic hydroxyl groups is 1. The Kier molecular flexibility index (Phi) is 5.13. The smallest absolute Gasteiger partial charge is 0.262 e. The number of rotatable bonds is 3. The van der Waals surface area contributed by atoms with E-state index in [0.717, 1.165) is 12.8 Å². The molecular weight excluding hydrogens is 414 g/mol. The molecule has 1 aromatic heterocycles. The highest BCUT2D eigenvalue weighted by Crippen LogP contribution is 2.52. The number of H-pyrrole nitrogens is 1. The average Bonchev–Trinajstić information content (AvgIpc) is 3.56. The molecule has 8 heteroatoms. The molecule has 0 amide bonds. The molecule has 1 saturated heterocycles. The van der Waals surface area contributed by atoms with E-state index < -0.39 is 53.0 Å². The number of aromatic nitrogens is 1. The van der Waals surface area contributed by atoms with Crippen LogP contribution in [0.4, 0.5) is 0 Å². The summed E-state index contributed by atoms with van der Waals surface area (Å²) in [6, 6.07) is 0. The molecular formula is C24H31NO7. The summed E-state index contributed by atoms with van der Waals surface area (Å²) >= 11 is 0. The Labute approximate surface area is 185 Å². The number of pyridine rings is 1. The maximum absolute atomic E-state index is 13.7. The first-order valence-corrected chi connectivity index (χ1v) is 11.6. The van der Waals surface area contributed by atoms with Crippen molar-refractivity contribution < 1.29 is 30.0 Å². The Hall–Kier alpha value is -2.00. The van der Waals surface area contributed by atoms with Gasteiger partial charge in [-0.1, -0.05) is 26.0 Å². The number of epoxide rings is 1. The first-order valence-electron chi connectivity index (χ1n) is 11.6. The lowest BCUT2D eigenvalue weighted by Crippen LogP contribution is -2.46. The Morgan fingerprint density at radius 2 is 1.94 bits per heavy atom. The van der Waals surface area contributed by atoms with Crippen LogP contribution in [0.15, 0.2) is 23.1 Å². The minimum atomic E-state index is -1.59. The fourth-order valence-corrected chi connectivity index (χ4v) is 6.38. The first kappa shape index (κ1) is 21.8. The third kappa shape index (κ3) is 3.11. The molecule has 10 unspecified atom stereocenters. The number of allylic oxidation sites excluding steroid dienone is 1. The molecule has 3 fully saturated rings. The van der Waals surface area contributed by atoms with Crippen LogP contribution in [-0.4, -0.2) is 55.6 Å². The monoisotopic (exact) mass is 445 g/mol. The van der Waals surface area contributed by atoms with Gasteiger partial charge in [0.2, 0.25) is 0 Å². The van der Waals surface area contributed by atoms with E-state index in [9.17, 15) is 30.0 Å². The predicted molar refractivity (Wildman–Crippen MR) is 114 cm³/mol. The maximum Gasteiger partial charge on any atom is 0.262 e. The molecule has 2 heterocycles. The summed E-state index contributed by atoms with van der Waals surface area (Å²) in [5.74, 6) is -1.86. The number of aliphatic hydroxyl groups is 3. The second-order valence-electron chi connectivity index (χ2n) is 10.2. The zero-order valence-electron chi connectivity index (χ0n) is 18.3. The van der Waals surface area contributed by atoms with E-state index in [4.69, 9.17) is 4.74 Å². The summed E-state index contributed by atoms with van der Waals surface area (Å²) in [7, 11) is 0. The fourth-order valence-electron chi connectivity index (χ4n) is 6.38. The zero-order valence-corrected chi connectivity index (χ0v) is 18.3. The quantitative estimate of drug-likeness (QED) is 0.267. The van der Waals surface area contributed by atoms with Crippen molar-refractivity contribution in [3.63, 3.8) is 0 Å². The molecule has 0 spiro atoms. The van der Waals surface area contributed by atoms with Crippen molar-refractivity contribution in [2.75, 3.05) is 0 Å². The highest BCUT2D eigenvalue weighted by atomic mass is 16.6. The molecule has 0 radical (unpaired) electrons. The van der Waals surface area contributed by atoms with Crippen molar-refractivity contribution in [3.8, 4) is 5.75 Å². The zero-order chi connectivity index (χ0) is 22.9. The van der Waals surface area contributed by atoms with Gasteiger partial charge in [0.05, 0.1) is 12.2 Å². The second kappa shape index (κ2) is 7.52. The molecule has 32 heavy (non-hydrogen) atoms. The van der Waals surface area contributed by atoms with E-state index in [0.29, 0.717) is 0 Å². The molecule has 5 N–H and O–H groups in total. The van der Waals surface area contributed by atoms with Gasteiger partial charge >= 0.3 is 0 Å². The van der Waals surface area contributed by atoms with Gasteiger partial charge in [-0.05, 0) is 43.4 Å². The molecule has 0 bridgehead atoms. The molecule has 0 aromatic carbocycles. The molecule has 8 nitrogen and oxygen atoms in total. The van der Waals surface area contributed by atoms with Crippen LogP contribution >= 0.6 is 0 Å². The van der Waals surface area contributed by atoms with Crippen LogP contribution in [0.3, 0.4) is 0 Å². The normalized spacial score (nSPS) is 45.1. The second-order valence-corrected chi connectivity index (χ2v) is 10.2. The van der Waals surface area contributed by atoms with E-state index in [1.54, 1.807) is 0 Å². The lowest BCUT2D eigenvalue weighted by molar-refractivity contribution is -0.0232. The van der Waals surface area contributed by atoms with Crippen LogP contribution < -0.4 is 5.56 Å². The van der Waals surface area contributed by atoms with Gasteiger partial charge in [0.25, 0.3) is 5.56 Å². The van der Waals surface area contributed by atoms with Crippen molar-refractivity contribution in [2.24, 2.45) is 29.6 Å². The molecule has 10 atom stereocenters. The Bertz CT molecular complexity index is 1020. The number of fused-ring (bicyclic) bond motifs is 2. The average molecular weight is 446 g/mol. The summed E-state index contributed by atoms with van der Waals surface area (Å²) < 4.78 is 5.45. The van der Waals surface area contributed by atoms with Gasteiger partial charge < -0.3 is 30.1 Å². The molecule has 1 aliphatic heterocycles. The minimum Gasteiger partial charge on any atom is -0.507 e. The molecule has 1 aromatic rings. The van der Waals surface area contributed by atoms with Crippen molar-refractivity contribution in [2.45, 2.75) is 69.5 Å². The van der Waals surface area contributed by atoms with Gasteiger partial charge in [0, 0.05) is 23.6 Å². The van der Waals surface area contributed by atoms with E-state index in [-0.39, 0.29) is 47.6 Å². The van der Waals surface area contributed by atoms with Crippen molar-refractivity contribution in [3.05, 3.63) is 39.8 Å². The van der Waals surface area contributed by atoms with Crippen molar-refractivity contribution >= 4 is 5.78 Å². The summed E-state index contributed by atoms with van der Waals surface area (Å²) in [5, 5.41) is 43.0. The number of Topliss-reactive ketones (excluding diaryl/α,β-unsaturated/α-hetero) is 1.